The number of likely N-dealkylation sites (tertiary alicyclic amines) is 2. The van der Waals surface area contributed by atoms with Crippen molar-refractivity contribution in [1.82, 2.24) is 15.1 Å². The third-order valence-electron chi connectivity index (χ3n) is 7.45. The van der Waals surface area contributed by atoms with Crippen LogP contribution >= 0.6 is 0 Å². The number of hydrogen-bond acceptors (Lipinski definition) is 4. The number of carbonyl (C=O) groups excluding carboxylic acids is 2. The fraction of sp³-hybridized carbons (Fsp3) is 0.462. The molecule has 3 aliphatic rings. The number of alkyl halides is 3. The lowest BCUT2D eigenvalue weighted by Crippen LogP contribution is -2.40. The predicted molar refractivity (Wildman–Crippen MR) is 123 cm³/mol. The zero-order valence-corrected chi connectivity index (χ0v) is 19.2. The SMILES string of the molecule is O=C(NCC1C2CN(CC(=O)N3CCC(c4ccccc4)C3)CC12)c1cccc(OC(F)(F)F)c1. The minimum atomic E-state index is -4.80. The minimum absolute atomic E-state index is 0.129. The number of carbonyl (C=O) groups is 2. The van der Waals surface area contributed by atoms with Crippen LogP contribution in [0.3, 0.4) is 0 Å². The van der Waals surface area contributed by atoms with Gasteiger partial charge in [0.15, 0.2) is 0 Å². The van der Waals surface area contributed by atoms with Gasteiger partial charge in [-0.3, -0.25) is 14.5 Å². The molecule has 1 aliphatic carbocycles. The molecule has 1 saturated carbocycles. The van der Waals surface area contributed by atoms with Gasteiger partial charge >= 0.3 is 6.36 Å². The number of halogens is 3. The van der Waals surface area contributed by atoms with Gasteiger partial charge in [-0.1, -0.05) is 36.4 Å². The maximum Gasteiger partial charge on any atom is 0.573 e. The van der Waals surface area contributed by atoms with Crippen molar-refractivity contribution in [2.45, 2.75) is 18.7 Å². The van der Waals surface area contributed by atoms with Gasteiger partial charge in [0.05, 0.1) is 6.54 Å². The van der Waals surface area contributed by atoms with Crippen LogP contribution in [0.5, 0.6) is 5.75 Å². The third-order valence-corrected chi connectivity index (χ3v) is 7.45. The minimum Gasteiger partial charge on any atom is -0.406 e. The van der Waals surface area contributed by atoms with Gasteiger partial charge in [0.25, 0.3) is 5.91 Å². The molecular weight excluding hydrogens is 459 g/mol. The molecule has 3 unspecified atom stereocenters. The van der Waals surface area contributed by atoms with E-state index in [0.29, 0.717) is 36.8 Å². The lowest BCUT2D eigenvalue weighted by molar-refractivity contribution is -0.274. The fourth-order valence-corrected chi connectivity index (χ4v) is 5.59. The number of nitrogens with zero attached hydrogens (tertiary/aromatic N) is 2. The van der Waals surface area contributed by atoms with Crippen LogP contribution in [0.25, 0.3) is 0 Å². The van der Waals surface area contributed by atoms with Gasteiger partial charge in [-0.15, -0.1) is 13.2 Å². The summed E-state index contributed by atoms with van der Waals surface area (Å²) in [5, 5.41) is 2.83. The molecule has 2 aliphatic heterocycles. The second-order valence-electron chi connectivity index (χ2n) is 9.71. The van der Waals surface area contributed by atoms with E-state index >= 15 is 0 Å². The van der Waals surface area contributed by atoms with E-state index in [1.807, 2.05) is 23.1 Å². The number of ether oxygens (including phenoxy) is 1. The molecule has 9 heteroatoms. The van der Waals surface area contributed by atoms with Crippen molar-refractivity contribution in [2.75, 3.05) is 39.3 Å². The highest BCUT2D eigenvalue weighted by molar-refractivity contribution is 5.94. The lowest BCUT2D eigenvalue weighted by Gasteiger charge is -2.23. The van der Waals surface area contributed by atoms with Crippen LogP contribution in [0, 0.1) is 17.8 Å². The third kappa shape index (κ3) is 5.61. The average molecular weight is 488 g/mol. The molecule has 2 aromatic rings. The molecule has 1 N–H and O–H groups in total. The molecule has 3 fully saturated rings. The van der Waals surface area contributed by atoms with Crippen LogP contribution in [-0.4, -0.2) is 67.2 Å². The molecule has 5 rings (SSSR count). The predicted octanol–water partition coefficient (Wildman–Crippen LogP) is 3.51. The lowest BCUT2D eigenvalue weighted by atomic mass is 9.99. The van der Waals surface area contributed by atoms with Crippen molar-refractivity contribution in [3.05, 3.63) is 65.7 Å². The number of rotatable bonds is 7. The standard InChI is InChI=1S/C26H28F3N3O3/c27-26(28,29)35-20-8-4-7-18(11-20)25(34)30-12-21-22-14-31(15-23(21)22)16-24(33)32-10-9-19(13-32)17-5-2-1-3-6-17/h1-8,11,19,21-23H,9-10,12-16H2,(H,30,34). The van der Waals surface area contributed by atoms with Crippen LogP contribution < -0.4 is 10.1 Å². The van der Waals surface area contributed by atoms with Crippen molar-refractivity contribution >= 4 is 11.8 Å². The topological polar surface area (TPSA) is 61.9 Å². The van der Waals surface area contributed by atoms with Gasteiger partial charge < -0.3 is 15.0 Å². The van der Waals surface area contributed by atoms with Crippen LogP contribution in [0.1, 0.15) is 28.3 Å². The summed E-state index contributed by atoms with van der Waals surface area (Å²) in [6.07, 6.45) is -3.81. The van der Waals surface area contributed by atoms with Crippen molar-refractivity contribution < 1.29 is 27.5 Å². The number of piperidine rings is 1. The Labute approximate surface area is 202 Å². The van der Waals surface area contributed by atoms with Gasteiger partial charge in [0.1, 0.15) is 5.75 Å². The van der Waals surface area contributed by atoms with Gasteiger partial charge in [-0.25, -0.2) is 0 Å². The number of amides is 2. The first-order valence-corrected chi connectivity index (χ1v) is 12.0. The molecule has 0 aromatic heterocycles. The molecule has 2 amide bonds. The molecule has 186 valence electrons. The number of nitrogens with one attached hydrogen (secondary N) is 1. The van der Waals surface area contributed by atoms with E-state index in [-0.39, 0.29) is 11.5 Å². The zero-order valence-electron chi connectivity index (χ0n) is 19.2. The largest absolute Gasteiger partial charge is 0.573 e. The highest BCUT2D eigenvalue weighted by Crippen LogP contribution is 2.51. The monoisotopic (exact) mass is 487 g/mol. The Bertz CT molecular complexity index is 1070. The molecule has 35 heavy (non-hydrogen) atoms. The van der Waals surface area contributed by atoms with E-state index < -0.39 is 18.0 Å². The molecule has 0 bridgehead atoms. The first-order chi connectivity index (χ1) is 16.8. The van der Waals surface area contributed by atoms with Crippen LogP contribution in [0.15, 0.2) is 54.6 Å². The summed E-state index contributed by atoms with van der Waals surface area (Å²) in [5.74, 6) is 0.973. The van der Waals surface area contributed by atoms with Crippen molar-refractivity contribution in [3.63, 3.8) is 0 Å². The van der Waals surface area contributed by atoms with Crippen LogP contribution in [0.2, 0.25) is 0 Å². The maximum absolute atomic E-state index is 12.8. The van der Waals surface area contributed by atoms with E-state index in [4.69, 9.17) is 0 Å². The summed E-state index contributed by atoms with van der Waals surface area (Å²) in [7, 11) is 0. The summed E-state index contributed by atoms with van der Waals surface area (Å²) in [4.78, 5) is 29.4. The molecular formula is C26H28F3N3O3. The van der Waals surface area contributed by atoms with E-state index in [1.54, 1.807) is 0 Å². The van der Waals surface area contributed by atoms with Gasteiger partial charge in [-0.05, 0) is 47.9 Å². The zero-order chi connectivity index (χ0) is 24.6. The smallest absolute Gasteiger partial charge is 0.406 e. The molecule has 2 saturated heterocycles. The van der Waals surface area contributed by atoms with Crippen molar-refractivity contribution in [3.8, 4) is 5.75 Å². The highest BCUT2D eigenvalue weighted by atomic mass is 19.4. The maximum atomic E-state index is 12.8. The molecule has 3 atom stereocenters. The molecule has 2 aromatic carbocycles. The number of hydrogen-bond donors (Lipinski definition) is 1. The van der Waals surface area contributed by atoms with Crippen molar-refractivity contribution in [2.24, 2.45) is 17.8 Å². The quantitative estimate of drug-likeness (QED) is 0.650. The summed E-state index contributed by atoms with van der Waals surface area (Å²) >= 11 is 0. The Morgan fingerprint density at radius 3 is 2.46 bits per heavy atom. The first-order valence-electron chi connectivity index (χ1n) is 12.0. The van der Waals surface area contributed by atoms with E-state index in [9.17, 15) is 22.8 Å². The van der Waals surface area contributed by atoms with E-state index in [0.717, 1.165) is 44.7 Å². The second-order valence-corrected chi connectivity index (χ2v) is 9.71. The molecule has 0 spiro atoms. The molecule has 2 heterocycles. The second kappa shape index (κ2) is 9.53. The fourth-order valence-electron chi connectivity index (χ4n) is 5.59. The Morgan fingerprint density at radius 1 is 1.00 bits per heavy atom. The van der Waals surface area contributed by atoms with Crippen LogP contribution in [0.4, 0.5) is 13.2 Å². The van der Waals surface area contributed by atoms with Gasteiger partial charge in [-0.2, -0.15) is 0 Å². The summed E-state index contributed by atoms with van der Waals surface area (Å²) < 4.78 is 41.1. The van der Waals surface area contributed by atoms with Crippen LogP contribution in [-0.2, 0) is 4.79 Å². The summed E-state index contributed by atoms with van der Waals surface area (Å²) in [6.45, 7) is 4.14. The summed E-state index contributed by atoms with van der Waals surface area (Å²) in [5.41, 5.74) is 1.42. The Balaban J connectivity index is 1.04. The summed E-state index contributed by atoms with van der Waals surface area (Å²) in [6, 6.07) is 15.4. The Hall–Kier alpha value is -3.07. The number of fused-ring (bicyclic) bond motifs is 1. The Morgan fingerprint density at radius 2 is 1.74 bits per heavy atom. The Kier molecular flexibility index (Phi) is 6.44. The molecule has 6 nitrogen and oxygen atoms in total. The highest BCUT2D eigenvalue weighted by Gasteiger charge is 2.55. The van der Waals surface area contributed by atoms with Gasteiger partial charge in [0.2, 0.25) is 5.91 Å². The normalized spacial score (nSPS) is 25.9. The van der Waals surface area contributed by atoms with Gasteiger partial charge in [0, 0.05) is 44.2 Å². The molecule has 0 radical (unpaired) electrons. The van der Waals surface area contributed by atoms with E-state index in [2.05, 4.69) is 27.1 Å². The first kappa shape index (κ1) is 23.7. The average Bonchev–Trinajstić information content (AvgIpc) is 3.19. The number of benzene rings is 2. The van der Waals surface area contributed by atoms with E-state index in [1.165, 1.54) is 17.7 Å². The van der Waals surface area contributed by atoms with Crippen molar-refractivity contribution in [1.29, 1.82) is 0 Å².